The highest BCUT2D eigenvalue weighted by atomic mass is 32.1. The van der Waals surface area contributed by atoms with Gasteiger partial charge in [-0.3, -0.25) is 4.90 Å². The van der Waals surface area contributed by atoms with Crippen LogP contribution in [-0.2, 0) is 15.1 Å². The predicted molar refractivity (Wildman–Crippen MR) is 93.1 cm³/mol. The molecule has 2 atom stereocenters. The van der Waals surface area contributed by atoms with Gasteiger partial charge in [0.15, 0.2) is 0 Å². The molecule has 2 aromatic heterocycles. The molecule has 124 valence electrons. The summed E-state index contributed by atoms with van der Waals surface area (Å²) in [4.78, 5) is 16.5. The Labute approximate surface area is 148 Å². The molecule has 4 nitrogen and oxygen atoms in total. The van der Waals surface area contributed by atoms with Gasteiger partial charge in [-0.05, 0) is 29.9 Å². The first kappa shape index (κ1) is 14.8. The Morgan fingerprint density at radius 1 is 1.21 bits per heavy atom. The van der Waals surface area contributed by atoms with E-state index in [0.717, 1.165) is 12.8 Å². The standard InChI is InChI=1S/C18H17NO3S2/c1-19-16-6-7-17(16,19)11-12(10-16)22-15(20)18(21,13-4-2-8-23-13)14-5-3-9-24-14/h2-9,12,21H,10-11H2,1H3. The summed E-state index contributed by atoms with van der Waals surface area (Å²) < 4.78 is 5.80. The Hall–Kier alpha value is -1.47. The van der Waals surface area contributed by atoms with Gasteiger partial charge >= 0.3 is 5.97 Å². The second-order valence-electron chi connectivity index (χ2n) is 6.84. The lowest BCUT2D eigenvalue weighted by molar-refractivity contribution is -0.167. The summed E-state index contributed by atoms with van der Waals surface area (Å²) in [6.07, 6.45) is 5.92. The van der Waals surface area contributed by atoms with Crippen molar-refractivity contribution in [1.29, 1.82) is 0 Å². The normalized spacial score (nSPS) is 35.9. The number of carbonyl (C=O) groups excluding carboxylic acids is 1. The molecule has 0 aromatic carbocycles. The highest BCUT2D eigenvalue weighted by molar-refractivity contribution is 7.12. The van der Waals surface area contributed by atoms with Crippen molar-refractivity contribution in [3.05, 3.63) is 56.9 Å². The van der Waals surface area contributed by atoms with Crippen LogP contribution in [0.1, 0.15) is 22.6 Å². The van der Waals surface area contributed by atoms with Gasteiger partial charge in [0.2, 0.25) is 5.60 Å². The van der Waals surface area contributed by atoms with Crippen LogP contribution in [0.5, 0.6) is 0 Å². The van der Waals surface area contributed by atoms with Crippen LogP contribution in [0.25, 0.3) is 0 Å². The number of esters is 1. The molecular weight excluding hydrogens is 342 g/mol. The monoisotopic (exact) mass is 359 g/mol. The van der Waals surface area contributed by atoms with E-state index in [1.807, 2.05) is 22.9 Å². The van der Waals surface area contributed by atoms with E-state index in [-0.39, 0.29) is 17.2 Å². The summed E-state index contributed by atoms with van der Waals surface area (Å²) in [7, 11) is 2.12. The van der Waals surface area contributed by atoms with Crippen LogP contribution in [0.2, 0.25) is 0 Å². The molecule has 2 aliphatic carbocycles. The number of nitrogens with zero attached hydrogens (tertiary/aromatic N) is 1. The van der Waals surface area contributed by atoms with Crippen molar-refractivity contribution in [3.8, 4) is 0 Å². The number of carbonyl (C=O) groups is 1. The third-order valence-electron chi connectivity index (χ3n) is 5.93. The van der Waals surface area contributed by atoms with E-state index in [0.29, 0.717) is 9.75 Å². The maximum atomic E-state index is 13.0. The minimum absolute atomic E-state index is 0.0991. The average molecular weight is 359 g/mol. The van der Waals surface area contributed by atoms with E-state index in [2.05, 4.69) is 24.1 Å². The minimum atomic E-state index is -1.71. The van der Waals surface area contributed by atoms with Crippen LogP contribution in [0.15, 0.2) is 47.2 Å². The van der Waals surface area contributed by atoms with E-state index >= 15 is 0 Å². The topological polar surface area (TPSA) is 49.5 Å². The largest absolute Gasteiger partial charge is 0.459 e. The zero-order valence-corrected chi connectivity index (χ0v) is 14.8. The fraction of sp³-hybridized carbons (Fsp3) is 0.389. The van der Waals surface area contributed by atoms with Crippen LogP contribution in [-0.4, -0.2) is 40.2 Å². The zero-order valence-electron chi connectivity index (χ0n) is 13.1. The van der Waals surface area contributed by atoms with Crippen molar-refractivity contribution in [3.63, 3.8) is 0 Å². The van der Waals surface area contributed by atoms with E-state index in [1.54, 1.807) is 12.1 Å². The molecular formula is C18H17NO3S2. The van der Waals surface area contributed by atoms with Gasteiger partial charge in [-0.1, -0.05) is 24.3 Å². The number of piperidine rings is 1. The molecule has 2 fully saturated rings. The van der Waals surface area contributed by atoms with Gasteiger partial charge in [0, 0.05) is 12.8 Å². The summed E-state index contributed by atoms with van der Waals surface area (Å²) in [6, 6.07) is 7.25. The molecule has 6 heteroatoms. The van der Waals surface area contributed by atoms with Gasteiger partial charge in [-0.2, -0.15) is 0 Å². The van der Waals surface area contributed by atoms with Gasteiger partial charge in [0.25, 0.3) is 0 Å². The third-order valence-corrected chi connectivity index (χ3v) is 7.89. The molecule has 24 heavy (non-hydrogen) atoms. The minimum Gasteiger partial charge on any atom is -0.459 e. The number of rotatable bonds is 4. The molecule has 3 aliphatic rings. The molecule has 0 amide bonds. The second-order valence-corrected chi connectivity index (χ2v) is 8.74. The first-order valence-electron chi connectivity index (χ1n) is 7.99. The lowest BCUT2D eigenvalue weighted by Crippen LogP contribution is -2.39. The fourth-order valence-electron chi connectivity index (χ4n) is 4.50. The molecule has 2 aromatic rings. The highest BCUT2D eigenvalue weighted by Crippen LogP contribution is 2.69. The van der Waals surface area contributed by atoms with Crippen LogP contribution in [0, 0.1) is 0 Å². The van der Waals surface area contributed by atoms with E-state index in [4.69, 9.17) is 4.74 Å². The van der Waals surface area contributed by atoms with Crippen LogP contribution in [0.3, 0.4) is 0 Å². The Bertz CT molecular complexity index is 772. The molecule has 1 saturated carbocycles. The lowest BCUT2D eigenvalue weighted by Gasteiger charge is -2.27. The van der Waals surface area contributed by atoms with Crippen molar-refractivity contribution in [2.24, 2.45) is 0 Å². The number of hydrogen-bond acceptors (Lipinski definition) is 6. The smallest absolute Gasteiger partial charge is 0.349 e. The van der Waals surface area contributed by atoms with Gasteiger partial charge in [0.1, 0.15) is 6.10 Å². The third kappa shape index (κ3) is 1.57. The molecule has 0 radical (unpaired) electrons. The summed E-state index contributed by atoms with van der Waals surface area (Å²) in [5.74, 6) is -0.562. The summed E-state index contributed by atoms with van der Waals surface area (Å²) in [5.41, 5.74) is -1.51. The van der Waals surface area contributed by atoms with Gasteiger partial charge < -0.3 is 9.84 Å². The molecule has 1 aliphatic heterocycles. The molecule has 1 N–H and O–H groups in total. The number of aliphatic hydroxyl groups is 1. The number of hydrogen-bond donors (Lipinski definition) is 1. The zero-order chi connectivity index (χ0) is 16.6. The van der Waals surface area contributed by atoms with E-state index < -0.39 is 11.6 Å². The predicted octanol–water partition coefficient (Wildman–Crippen LogP) is 2.74. The van der Waals surface area contributed by atoms with Crippen molar-refractivity contribution in [2.45, 2.75) is 35.6 Å². The molecule has 5 rings (SSSR count). The Morgan fingerprint density at radius 3 is 2.17 bits per heavy atom. The first-order valence-corrected chi connectivity index (χ1v) is 9.75. The molecule has 3 heterocycles. The number of ether oxygens (including phenoxy) is 1. The van der Waals surface area contributed by atoms with E-state index in [1.165, 1.54) is 22.7 Å². The fourth-order valence-corrected chi connectivity index (χ4v) is 6.21. The van der Waals surface area contributed by atoms with Crippen molar-refractivity contribution in [1.82, 2.24) is 4.90 Å². The second kappa shape index (κ2) is 4.58. The summed E-state index contributed by atoms with van der Waals surface area (Å²) in [5, 5.41) is 15.0. The Balaban J connectivity index is 1.41. The maximum absolute atomic E-state index is 13.0. The lowest BCUT2D eigenvalue weighted by atomic mass is 9.86. The number of likely N-dealkylation sites (N-methyl/N-ethyl adjacent to an activating group) is 1. The summed E-state index contributed by atoms with van der Waals surface area (Å²) in [6.45, 7) is 0. The number of thiophene rings is 2. The Kier molecular flexibility index (Phi) is 2.83. The summed E-state index contributed by atoms with van der Waals surface area (Å²) >= 11 is 2.74. The van der Waals surface area contributed by atoms with Gasteiger partial charge in [0.05, 0.1) is 20.8 Å². The molecule has 0 spiro atoms. The van der Waals surface area contributed by atoms with Crippen molar-refractivity contribution >= 4 is 28.6 Å². The first-order chi connectivity index (χ1) is 11.5. The molecule has 2 unspecified atom stereocenters. The molecule has 0 bridgehead atoms. The van der Waals surface area contributed by atoms with Crippen LogP contribution >= 0.6 is 22.7 Å². The average Bonchev–Trinajstić information content (AvgIpc) is 3.21. The SMILES string of the molecule is CN1C23C=CC12CC(OC(=O)C(O)(c1cccs1)c1cccs1)C3. The van der Waals surface area contributed by atoms with Crippen molar-refractivity contribution < 1.29 is 14.6 Å². The van der Waals surface area contributed by atoms with Crippen LogP contribution in [0.4, 0.5) is 0 Å². The van der Waals surface area contributed by atoms with Gasteiger partial charge in [-0.15, -0.1) is 22.7 Å². The number of likely N-dealkylation sites (tertiary alicyclic amines) is 1. The molecule has 1 saturated heterocycles. The van der Waals surface area contributed by atoms with Gasteiger partial charge in [-0.25, -0.2) is 4.79 Å². The maximum Gasteiger partial charge on any atom is 0.349 e. The Morgan fingerprint density at radius 2 is 1.75 bits per heavy atom. The highest BCUT2D eigenvalue weighted by Gasteiger charge is 2.80. The van der Waals surface area contributed by atoms with Crippen LogP contribution < -0.4 is 0 Å². The van der Waals surface area contributed by atoms with Crippen molar-refractivity contribution in [2.75, 3.05) is 7.05 Å². The van der Waals surface area contributed by atoms with E-state index in [9.17, 15) is 9.90 Å². The quantitative estimate of drug-likeness (QED) is 0.518.